The van der Waals surface area contributed by atoms with Crippen LogP contribution in [0.15, 0.2) is 29.2 Å². The molecule has 0 fully saturated rings. The highest BCUT2D eigenvalue weighted by Crippen LogP contribution is 2.17. The van der Waals surface area contributed by atoms with Gasteiger partial charge in [-0.05, 0) is 36.5 Å². The van der Waals surface area contributed by atoms with Gasteiger partial charge in [0.15, 0.2) is 0 Å². The van der Waals surface area contributed by atoms with Crippen LogP contribution in [-0.2, 0) is 6.42 Å². The van der Waals surface area contributed by atoms with Crippen molar-refractivity contribution in [1.29, 1.82) is 0 Å². The van der Waals surface area contributed by atoms with Crippen LogP contribution in [0.25, 0.3) is 0 Å². The van der Waals surface area contributed by atoms with Gasteiger partial charge in [0.1, 0.15) is 0 Å². The summed E-state index contributed by atoms with van der Waals surface area (Å²) in [7, 11) is 0. The van der Waals surface area contributed by atoms with Crippen molar-refractivity contribution in [3.05, 3.63) is 29.8 Å². The number of rotatable bonds is 3. The zero-order valence-corrected chi connectivity index (χ0v) is 7.10. The number of hydrogen-bond acceptors (Lipinski definition) is 3. The molecule has 0 heterocycles. The van der Waals surface area contributed by atoms with Gasteiger partial charge in [0, 0.05) is 4.90 Å². The lowest BCUT2D eigenvalue weighted by molar-refractivity contribution is 0.945. The molecule has 60 valence electrons. The molecule has 11 heavy (non-hydrogen) atoms. The van der Waals surface area contributed by atoms with Gasteiger partial charge in [-0.15, -0.1) is 0 Å². The molecule has 0 aromatic heterocycles. The second-order valence-corrected chi connectivity index (χ2v) is 2.94. The lowest BCUT2D eigenvalue weighted by atomic mass is 10.1. The summed E-state index contributed by atoms with van der Waals surface area (Å²) in [6, 6.07) is 8.05. The number of benzene rings is 1. The summed E-state index contributed by atoms with van der Waals surface area (Å²) in [4.78, 5) is 1.12. The molecule has 4 N–H and O–H groups in total. The van der Waals surface area contributed by atoms with Crippen molar-refractivity contribution in [1.82, 2.24) is 0 Å². The van der Waals surface area contributed by atoms with Crippen molar-refractivity contribution in [3.8, 4) is 0 Å². The van der Waals surface area contributed by atoms with Gasteiger partial charge in [-0.3, -0.25) is 5.14 Å². The summed E-state index contributed by atoms with van der Waals surface area (Å²) in [6.45, 7) is 0.678. The molecular weight excluding hydrogens is 156 g/mol. The molecule has 1 aromatic rings. The first-order valence-electron chi connectivity index (χ1n) is 3.53. The lowest BCUT2D eigenvalue weighted by Gasteiger charge is -2.03. The Bertz CT molecular complexity index is 225. The highest BCUT2D eigenvalue weighted by atomic mass is 32.2. The monoisotopic (exact) mass is 168 g/mol. The van der Waals surface area contributed by atoms with Crippen molar-refractivity contribution in [2.24, 2.45) is 10.9 Å². The first-order valence-corrected chi connectivity index (χ1v) is 4.41. The maximum absolute atomic E-state index is 5.46. The van der Waals surface area contributed by atoms with Crippen LogP contribution in [0.5, 0.6) is 0 Å². The Morgan fingerprint density at radius 1 is 1.27 bits per heavy atom. The third-order valence-electron chi connectivity index (χ3n) is 1.51. The fourth-order valence-electron chi connectivity index (χ4n) is 0.981. The van der Waals surface area contributed by atoms with E-state index in [-0.39, 0.29) is 0 Å². The predicted octanol–water partition coefficient (Wildman–Crippen LogP) is 1.15. The average Bonchev–Trinajstić information content (AvgIpc) is 2.06. The van der Waals surface area contributed by atoms with E-state index in [9.17, 15) is 0 Å². The maximum Gasteiger partial charge on any atom is 0.0258 e. The minimum Gasteiger partial charge on any atom is -0.330 e. The Kier molecular flexibility index (Phi) is 3.42. The van der Waals surface area contributed by atoms with Crippen LogP contribution in [0.2, 0.25) is 0 Å². The Labute approximate surface area is 71.1 Å². The molecule has 0 unspecified atom stereocenters. The molecule has 3 heteroatoms. The minimum atomic E-state index is 0.678. The first kappa shape index (κ1) is 8.59. The molecule has 0 radical (unpaired) electrons. The van der Waals surface area contributed by atoms with Gasteiger partial charge >= 0.3 is 0 Å². The topological polar surface area (TPSA) is 52.0 Å². The average molecular weight is 168 g/mol. The van der Waals surface area contributed by atoms with Gasteiger partial charge in [-0.2, -0.15) is 0 Å². The second kappa shape index (κ2) is 4.38. The fourth-order valence-corrected chi connectivity index (χ4v) is 1.46. The van der Waals surface area contributed by atoms with Gasteiger partial charge < -0.3 is 5.73 Å². The molecular formula is C8H12N2S. The Morgan fingerprint density at radius 3 is 2.64 bits per heavy atom. The third kappa shape index (κ3) is 2.22. The molecule has 0 aliphatic rings. The molecule has 0 saturated heterocycles. The molecule has 1 rings (SSSR count). The van der Waals surface area contributed by atoms with Crippen LogP contribution in [0, 0.1) is 0 Å². The molecule has 0 aliphatic carbocycles. The third-order valence-corrected chi connectivity index (χ3v) is 2.17. The van der Waals surface area contributed by atoms with Crippen LogP contribution in [0.4, 0.5) is 0 Å². The van der Waals surface area contributed by atoms with E-state index in [0.29, 0.717) is 6.54 Å². The van der Waals surface area contributed by atoms with E-state index in [1.165, 1.54) is 17.5 Å². The van der Waals surface area contributed by atoms with Crippen LogP contribution in [-0.4, -0.2) is 6.54 Å². The van der Waals surface area contributed by atoms with Gasteiger partial charge in [-0.25, -0.2) is 0 Å². The molecule has 0 aliphatic heterocycles. The van der Waals surface area contributed by atoms with E-state index in [1.807, 2.05) is 18.2 Å². The molecule has 0 bridgehead atoms. The summed E-state index contributed by atoms with van der Waals surface area (Å²) in [5.74, 6) is 0. The van der Waals surface area contributed by atoms with E-state index >= 15 is 0 Å². The quantitative estimate of drug-likeness (QED) is 0.666. The normalized spacial score (nSPS) is 10.0. The van der Waals surface area contributed by atoms with Crippen LogP contribution < -0.4 is 10.9 Å². The van der Waals surface area contributed by atoms with Crippen LogP contribution >= 0.6 is 11.9 Å². The highest BCUT2D eigenvalue weighted by molar-refractivity contribution is 7.97. The Balaban J connectivity index is 2.83. The van der Waals surface area contributed by atoms with Gasteiger partial charge in [-0.1, -0.05) is 18.2 Å². The largest absolute Gasteiger partial charge is 0.330 e. The number of nitrogens with two attached hydrogens (primary N) is 2. The lowest BCUT2D eigenvalue weighted by Crippen LogP contribution is -2.03. The van der Waals surface area contributed by atoms with Crippen molar-refractivity contribution in [3.63, 3.8) is 0 Å². The summed E-state index contributed by atoms with van der Waals surface area (Å²) < 4.78 is 0. The second-order valence-electron chi connectivity index (χ2n) is 2.26. The van der Waals surface area contributed by atoms with Crippen molar-refractivity contribution >= 4 is 11.9 Å². The van der Waals surface area contributed by atoms with Crippen molar-refractivity contribution in [2.75, 3.05) is 6.54 Å². The van der Waals surface area contributed by atoms with Gasteiger partial charge in [0.25, 0.3) is 0 Å². The Hall–Kier alpha value is -0.510. The molecule has 0 spiro atoms. The van der Waals surface area contributed by atoms with Gasteiger partial charge in [0.2, 0.25) is 0 Å². The van der Waals surface area contributed by atoms with E-state index in [1.54, 1.807) is 0 Å². The van der Waals surface area contributed by atoms with Crippen molar-refractivity contribution < 1.29 is 0 Å². The summed E-state index contributed by atoms with van der Waals surface area (Å²) in [5, 5.41) is 5.46. The van der Waals surface area contributed by atoms with E-state index in [4.69, 9.17) is 10.9 Å². The molecule has 2 nitrogen and oxygen atoms in total. The minimum absolute atomic E-state index is 0.678. The first-order chi connectivity index (χ1) is 5.38. The molecule has 0 atom stereocenters. The van der Waals surface area contributed by atoms with E-state index in [2.05, 4.69) is 6.07 Å². The smallest absolute Gasteiger partial charge is 0.0258 e. The predicted molar refractivity (Wildman–Crippen MR) is 49.2 cm³/mol. The Morgan fingerprint density at radius 2 is 2.00 bits per heavy atom. The maximum atomic E-state index is 5.46. The van der Waals surface area contributed by atoms with E-state index < -0.39 is 0 Å². The molecule has 0 saturated carbocycles. The summed E-state index contributed by atoms with van der Waals surface area (Å²) in [5.41, 5.74) is 6.67. The zero-order chi connectivity index (χ0) is 8.10. The highest BCUT2D eigenvalue weighted by Gasteiger charge is 1.97. The molecule has 1 aromatic carbocycles. The van der Waals surface area contributed by atoms with Crippen molar-refractivity contribution in [2.45, 2.75) is 11.3 Å². The number of hydrogen-bond donors (Lipinski definition) is 2. The summed E-state index contributed by atoms with van der Waals surface area (Å²) >= 11 is 1.28. The fraction of sp³-hybridized carbons (Fsp3) is 0.250. The standard InChI is InChI=1S/C8H12N2S/c9-6-5-7-3-1-2-4-8(7)11-10/h1-4H,5-6,9-10H2. The molecule has 0 amide bonds. The zero-order valence-electron chi connectivity index (χ0n) is 6.29. The SMILES string of the molecule is NCCc1ccccc1SN. The van der Waals surface area contributed by atoms with E-state index in [0.717, 1.165) is 11.3 Å². The summed E-state index contributed by atoms with van der Waals surface area (Å²) in [6.07, 6.45) is 0.903. The van der Waals surface area contributed by atoms with Crippen LogP contribution in [0.3, 0.4) is 0 Å². The van der Waals surface area contributed by atoms with Crippen LogP contribution in [0.1, 0.15) is 5.56 Å². The van der Waals surface area contributed by atoms with Gasteiger partial charge in [0.05, 0.1) is 0 Å².